The second kappa shape index (κ2) is 14.2. The molecule has 4 aromatic rings. The molecule has 0 saturated carbocycles. The third-order valence-electron chi connectivity index (χ3n) is 7.55. The van der Waals surface area contributed by atoms with Crippen LogP contribution in [0.1, 0.15) is 10.8 Å². The maximum Gasteiger partial charge on any atom is 0.263 e. The van der Waals surface area contributed by atoms with Gasteiger partial charge in [-0.1, -0.05) is 12.1 Å². The Morgan fingerprint density at radius 2 is 1.93 bits per heavy atom. The maximum absolute atomic E-state index is 14.0. The number of likely N-dealkylation sites (N-methyl/N-ethyl adjacent to an activating group) is 1. The second-order valence-electron chi connectivity index (χ2n) is 11.2. The number of pyridine rings is 1. The maximum atomic E-state index is 14.0. The molecule has 2 atom stereocenters. The predicted octanol–water partition coefficient (Wildman–Crippen LogP) is 1.87. The van der Waals surface area contributed by atoms with Crippen molar-refractivity contribution >= 4 is 55.6 Å². The first kappa shape index (κ1) is 33.4. The molecule has 0 spiro atoms. The smallest absolute Gasteiger partial charge is 0.263 e. The molecule has 16 heteroatoms. The van der Waals surface area contributed by atoms with Crippen LogP contribution >= 0.6 is 11.8 Å². The van der Waals surface area contributed by atoms with E-state index < -0.39 is 26.8 Å². The monoisotopic (exact) mass is 673 g/mol. The molecule has 1 saturated heterocycles. The number of anilines is 2. The van der Waals surface area contributed by atoms with Crippen LogP contribution in [0.2, 0.25) is 0 Å². The van der Waals surface area contributed by atoms with Crippen molar-refractivity contribution in [3.8, 4) is 11.4 Å². The summed E-state index contributed by atoms with van der Waals surface area (Å²) in [5, 5.41) is 8.04. The lowest BCUT2D eigenvalue weighted by molar-refractivity contribution is 0.432. The lowest BCUT2D eigenvalue weighted by atomic mass is 10.1. The number of rotatable bonds is 12. The Morgan fingerprint density at radius 3 is 2.60 bits per heavy atom. The van der Waals surface area contributed by atoms with E-state index in [9.17, 15) is 17.8 Å². The van der Waals surface area contributed by atoms with Gasteiger partial charge in [0, 0.05) is 86.3 Å². The number of hydrogen-bond donors (Lipinski definition) is 2. The fraction of sp³-hybridized carbons (Fsp3) is 0.448. The van der Waals surface area contributed by atoms with E-state index in [0.29, 0.717) is 45.4 Å². The van der Waals surface area contributed by atoms with Gasteiger partial charge in [-0.3, -0.25) is 9.36 Å². The highest BCUT2D eigenvalue weighted by atomic mass is 32.2. The summed E-state index contributed by atoms with van der Waals surface area (Å²) in [5.74, 6) is 2.15. The fourth-order valence-electron chi connectivity index (χ4n) is 4.85. The molecule has 1 aromatic carbocycles. The largest absolute Gasteiger partial charge is 0.610 e. The number of nitrogens with zero attached hydrogens (tertiary/aromatic N) is 7. The van der Waals surface area contributed by atoms with Crippen molar-refractivity contribution in [3.63, 3.8) is 0 Å². The van der Waals surface area contributed by atoms with Crippen LogP contribution in [0.15, 0.2) is 52.5 Å². The molecule has 0 aliphatic carbocycles. The molecular weight excluding hydrogens is 635 g/mol. The Bertz CT molecular complexity index is 1800. The highest BCUT2D eigenvalue weighted by Gasteiger charge is 2.23. The lowest BCUT2D eigenvalue weighted by Crippen LogP contribution is -2.33. The number of imidazole rings is 1. The molecule has 1 fully saturated rings. The predicted molar refractivity (Wildman–Crippen MR) is 181 cm³/mol. The number of hydrogen-bond acceptors (Lipinski definition) is 11. The lowest BCUT2D eigenvalue weighted by Gasteiger charge is -2.22. The van der Waals surface area contributed by atoms with Crippen LogP contribution in [-0.4, -0.2) is 111 Å². The average molecular weight is 674 g/mol. The van der Waals surface area contributed by atoms with Gasteiger partial charge in [0.2, 0.25) is 16.0 Å². The van der Waals surface area contributed by atoms with E-state index in [1.807, 2.05) is 42.9 Å². The van der Waals surface area contributed by atoms with Gasteiger partial charge < -0.3 is 24.7 Å². The number of aromatic nitrogens is 5. The quantitative estimate of drug-likeness (QED) is 0.212. The summed E-state index contributed by atoms with van der Waals surface area (Å²) in [4.78, 5) is 29.8. The molecule has 4 heterocycles. The van der Waals surface area contributed by atoms with Gasteiger partial charge in [0.25, 0.3) is 10.6 Å². The topological polar surface area (TPSA) is 153 Å². The SMILES string of the molecule is CN(C)CC[S+]([O-])c1cn(C)c(-c2cc3cnc(Nc4ccc(C5CNCCS5)cc4)nc3n(CCN(C)S(C)(=O)=O)c2=O)n1. The molecule has 2 N–H and O–H groups in total. The van der Waals surface area contributed by atoms with Crippen molar-refractivity contribution in [2.24, 2.45) is 7.05 Å². The minimum absolute atomic E-state index is 0.0526. The Morgan fingerprint density at radius 1 is 1.18 bits per heavy atom. The van der Waals surface area contributed by atoms with Crippen molar-refractivity contribution in [1.29, 1.82) is 0 Å². The van der Waals surface area contributed by atoms with E-state index in [-0.39, 0.29) is 18.7 Å². The third kappa shape index (κ3) is 8.06. The minimum Gasteiger partial charge on any atom is -0.610 e. The zero-order valence-corrected chi connectivity index (χ0v) is 28.5. The van der Waals surface area contributed by atoms with Gasteiger partial charge >= 0.3 is 0 Å². The number of fused-ring (bicyclic) bond motifs is 1. The van der Waals surface area contributed by atoms with Gasteiger partial charge in [-0.15, -0.1) is 0 Å². The molecular formula is C29H39N9O4S3. The average Bonchev–Trinajstić information content (AvgIpc) is 3.40. The van der Waals surface area contributed by atoms with Crippen LogP contribution in [0, 0.1) is 0 Å². The molecule has 2 unspecified atom stereocenters. The first-order valence-electron chi connectivity index (χ1n) is 14.5. The van der Waals surface area contributed by atoms with E-state index in [1.54, 1.807) is 30.1 Å². The first-order valence-corrected chi connectivity index (χ1v) is 18.7. The Labute approximate surface area is 270 Å². The summed E-state index contributed by atoms with van der Waals surface area (Å²) in [6, 6.07) is 9.82. The summed E-state index contributed by atoms with van der Waals surface area (Å²) in [5.41, 5.74) is 2.28. The van der Waals surface area contributed by atoms with Crippen molar-refractivity contribution in [3.05, 3.63) is 58.6 Å². The van der Waals surface area contributed by atoms with Gasteiger partial charge in [0.15, 0.2) is 5.82 Å². The van der Waals surface area contributed by atoms with Crippen molar-refractivity contribution in [1.82, 2.24) is 38.6 Å². The van der Waals surface area contributed by atoms with E-state index in [2.05, 4.69) is 32.7 Å². The van der Waals surface area contributed by atoms with Crippen LogP contribution in [0.3, 0.4) is 0 Å². The van der Waals surface area contributed by atoms with Crippen molar-refractivity contribution < 1.29 is 13.0 Å². The Hall–Kier alpha value is -2.99. The normalized spacial score (nSPS) is 16.5. The molecule has 0 radical (unpaired) electrons. The summed E-state index contributed by atoms with van der Waals surface area (Å²) >= 11 is 0.596. The number of thioether (sulfide) groups is 1. The Kier molecular flexibility index (Phi) is 10.5. The van der Waals surface area contributed by atoms with Crippen LogP contribution in [0.5, 0.6) is 0 Å². The van der Waals surface area contributed by atoms with Gasteiger partial charge in [-0.2, -0.15) is 21.7 Å². The highest BCUT2D eigenvalue weighted by molar-refractivity contribution is 7.99. The van der Waals surface area contributed by atoms with Crippen LogP contribution in [-0.2, 0) is 34.8 Å². The van der Waals surface area contributed by atoms with Gasteiger partial charge in [0.1, 0.15) is 11.4 Å². The number of benzene rings is 1. The summed E-state index contributed by atoms with van der Waals surface area (Å²) in [7, 11) is 3.56. The number of aryl methyl sites for hydroxylation is 1. The molecule has 13 nitrogen and oxygen atoms in total. The molecule has 5 rings (SSSR count). The Balaban J connectivity index is 1.49. The standard InChI is InChI=1S/C29H39N9O4S3/c1-35(2)13-15-44(40)25-19-36(3)27(33-25)23-16-21-17-31-29(32-22-8-6-20(7-9-22)24-18-30-10-14-43-24)34-26(21)38(28(23)39)12-11-37(4)45(5,41)42/h6-9,16-17,19,24,30H,10-15,18H2,1-5H3,(H,31,32,34). The molecule has 0 bridgehead atoms. The minimum atomic E-state index is -3.47. The molecule has 1 aliphatic heterocycles. The van der Waals surface area contributed by atoms with Crippen molar-refractivity contribution in [2.45, 2.75) is 16.8 Å². The highest BCUT2D eigenvalue weighted by Crippen LogP contribution is 2.31. The van der Waals surface area contributed by atoms with Gasteiger partial charge in [-0.05, 0) is 37.9 Å². The van der Waals surface area contributed by atoms with Crippen LogP contribution < -0.4 is 16.2 Å². The fourth-order valence-corrected chi connectivity index (χ4v) is 7.60. The van der Waals surface area contributed by atoms with Gasteiger partial charge in [-0.25, -0.2) is 17.7 Å². The zero-order valence-electron chi connectivity index (χ0n) is 26.1. The van der Waals surface area contributed by atoms with Gasteiger partial charge in [0.05, 0.1) is 18.0 Å². The zero-order chi connectivity index (χ0) is 32.3. The molecule has 45 heavy (non-hydrogen) atoms. The second-order valence-corrected chi connectivity index (χ2v) is 16.2. The van der Waals surface area contributed by atoms with E-state index in [0.717, 1.165) is 30.8 Å². The summed E-state index contributed by atoms with van der Waals surface area (Å²) in [6.07, 6.45) is 4.42. The third-order valence-corrected chi connectivity index (χ3v) is 11.4. The molecule has 242 valence electrons. The summed E-state index contributed by atoms with van der Waals surface area (Å²) < 4.78 is 41.5. The van der Waals surface area contributed by atoms with E-state index in [4.69, 9.17) is 4.98 Å². The molecule has 3 aromatic heterocycles. The molecule has 1 aliphatic rings. The van der Waals surface area contributed by atoms with Crippen LogP contribution in [0.4, 0.5) is 11.6 Å². The molecule has 0 amide bonds. The van der Waals surface area contributed by atoms with E-state index >= 15 is 0 Å². The van der Waals surface area contributed by atoms with Crippen LogP contribution in [0.25, 0.3) is 22.4 Å². The summed E-state index contributed by atoms with van der Waals surface area (Å²) in [6.45, 7) is 2.70. The van der Waals surface area contributed by atoms with E-state index in [1.165, 1.54) is 21.5 Å². The number of sulfonamides is 1. The number of nitrogens with one attached hydrogen (secondary N) is 2. The first-order chi connectivity index (χ1) is 21.4. The van der Waals surface area contributed by atoms with Crippen molar-refractivity contribution in [2.75, 3.05) is 70.4 Å².